The number of aromatic nitrogens is 2. The average Bonchev–Trinajstić information content (AvgIpc) is 2.85. The average molecular weight is 490 g/mol. The van der Waals surface area contributed by atoms with E-state index in [1.165, 1.54) is 30.4 Å². The topological polar surface area (TPSA) is 84.0 Å². The Labute approximate surface area is 210 Å². The third-order valence-corrected chi connectivity index (χ3v) is 5.47. The van der Waals surface area contributed by atoms with Gasteiger partial charge in [0.15, 0.2) is 12.4 Å². The second-order valence-electron chi connectivity index (χ2n) is 8.32. The van der Waals surface area contributed by atoms with Gasteiger partial charge < -0.3 is 21.9 Å². The second-order valence-corrected chi connectivity index (χ2v) is 8.32. The molecule has 0 aromatic carbocycles. The molecule has 2 heterocycles. The molecular weight excluding hydrogens is 450 g/mol. The van der Waals surface area contributed by atoms with E-state index in [0.717, 1.165) is 77.9 Å². The first-order valence-corrected chi connectivity index (χ1v) is 12.4. The Kier molecular flexibility index (Phi) is 18.8. The van der Waals surface area contributed by atoms with Gasteiger partial charge in [0.2, 0.25) is 0 Å². The number of nitrogens with zero attached hydrogens (tertiary/aromatic N) is 5. The number of ether oxygens (including phenoxy) is 2. The van der Waals surface area contributed by atoms with Crippen LogP contribution in [0.3, 0.4) is 0 Å². The van der Waals surface area contributed by atoms with Crippen LogP contribution in [-0.4, -0.2) is 38.0 Å². The maximum atomic E-state index is 8.23. The minimum Gasteiger partial charge on any atom is -1.00 e. The zero-order chi connectivity index (χ0) is 23.2. The standard InChI is InChI=1S/C26H40N5O2.ClH/c27-30-29-16-3-6-20-33-22-10-14-26-12-8-18-31(24-26)17-4-1-2-5-19-32-21-9-13-25-11-7-15-28-23-25;/h7-8,11-12,15,18,23-24H,1-6,9-10,13-14,16-17,19-22H2;1H/q+1;/p-1. The van der Waals surface area contributed by atoms with Crippen LogP contribution in [0.4, 0.5) is 0 Å². The van der Waals surface area contributed by atoms with Crippen LogP contribution in [-0.2, 0) is 28.9 Å². The summed E-state index contributed by atoms with van der Waals surface area (Å²) in [6, 6.07) is 8.45. The Morgan fingerprint density at radius 3 is 2.24 bits per heavy atom. The quantitative estimate of drug-likeness (QED) is 0.0942. The van der Waals surface area contributed by atoms with Crippen molar-refractivity contribution < 1.29 is 26.4 Å². The monoisotopic (exact) mass is 489 g/mol. The summed E-state index contributed by atoms with van der Waals surface area (Å²) in [5.41, 5.74) is 10.9. The van der Waals surface area contributed by atoms with E-state index < -0.39 is 0 Å². The lowest BCUT2D eigenvalue weighted by molar-refractivity contribution is -0.697. The number of rotatable bonds is 20. The molecule has 0 fully saturated rings. The Morgan fingerprint density at radius 2 is 1.50 bits per heavy atom. The summed E-state index contributed by atoms with van der Waals surface area (Å²) in [4.78, 5) is 6.89. The lowest BCUT2D eigenvalue weighted by atomic mass is 10.1. The summed E-state index contributed by atoms with van der Waals surface area (Å²) in [6.07, 6.45) is 19.0. The van der Waals surface area contributed by atoms with E-state index in [0.29, 0.717) is 6.54 Å². The van der Waals surface area contributed by atoms with Gasteiger partial charge in [-0.3, -0.25) is 4.98 Å². The molecule has 2 aromatic heterocycles. The van der Waals surface area contributed by atoms with E-state index in [2.05, 4.69) is 50.2 Å². The number of pyridine rings is 2. The Balaban J connectivity index is 0.00000578. The molecule has 0 aliphatic carbocycles. The molecule has 34 heavy (non-hydrogen) atoms. The zero-order valence-corrected chi connectivity index (χ0v) is 21.1. The summed E-state index contributed by atoms with van der Waals surface area (Å²) < 4.78 is 13.7. The second kappa shape index (κ2) is 21.4. The molecule has 0 unspecified atom stereocenters. The molecule has 0 aliphatic heterocycles. The van der Waals surface area contributed by atoms with Gasteiger partial charge in [-0.2, -0.15) is 0 Å². The lowest BCUT2D eigenvalue weighted by Crippen LogP contribution is -3.00. The highest BCUT2D eigenvalue weighted by atomic mass is 35.5. The molecule has 0 radical (unpaired) electrons. The van der Waals surface area contributed by atoms with Crippen molar-refractivity contribution in [3.05, 3.63) is 70.6 Å². The fourth-order valence-electron chi connectivity index (χ4n) is 3.65. The van der Waals surface area contributed by atoms with Crippen LogP contribution in [0.15, 0.2) is 54.2 Å². The highest BCUT2D eigenvalue weighted by Gasteiger charge is 2.03. The minimum atomic E-state index is 0. The maximum Gasteiger partial charge on any atom is 0.171 e. The number of unbranched alkanes of at least 4 members (excludes halogenated alkanes) is 4. The molecule has 188 valence electrons. The van der Waals surface area contributed by atoms with Crippen molar-refractivity contribution in [2.24, 2.45) is 5.11 Å². The molecule has 7 nitrogen and oxygen atoms in total. The molecule has 0 atom stereocenters. The van der Waals surface area contributed by atoms with Gasteiger partial charge in [-0.05, 0) is 74.6 Å². The lowest BCUT2D eigenvalue weighted by Gasteiger charge is -2.05. The molecule has 0 amide bonds. The maximum absolute atomic E-state index is 8.23. The summed E-state index contributed by atoms with van der Waals surface area (Å²) in [5.74, 6) is 0. The Morgan fingerprint density at radius 1 is 0.824 bits per heavy atom. The van der Waals surface area contributed by atoms with E-state index in [9.17, 15) is 0 Å². The highest BCUT2D eigenvalue weighted by molar-refractivity contribution is 5.08. The molecule has 0 aliphatic rings. The Hall–Kier alpha value is -2.18. The largest absolute Gasteiger partial charge is 1.00 e. The van der Waals surface area contributed by atoms with Crippen molar-refractivity contribution in [3.63, 3.8) is 0 Å². The van der Waals surface area contributed by atoms with Crippen molar-refractivity contribution in [1.29, 1.82) is 0 Å². The Bertz CT molecular complexity index is 788. The van der Waals surface area contributed by atoms with Gasteiger partial charge in [-0.15, -0.1) is 0 Å². The molecule has 0 N–H and O–H groups in total. The van der Waals surface area contributed by atoms with Crippen molar-refractivity contribution in [2.75, 3.05) is 33.0 Å². The van der Waals surface area contributed by atoms with E-state index in [1.807, 2.05) is 18.5 Å². The molecule has 0 bridgehead atoms. The van der Waals surface area contributed by atoms with Gasteiger partial charge >= 0.3 is 0 Å². The van der Waals surface area contributed by atoms with Crippen molar-refractivity contribution >= 4 is 0 Å². The number of hydrogen-bond donors (Lipinski definition) is 0. The first kappa shape index (κ1) is 29.9. The fraction of sp³-hybridized carbons (Fsp3) is 0.615. The third-order valence-electron chi connectivity index (χ3n) is 5.47. The van der Waals surface area contributed by atoms with Crippen LogP contribution in [0.1, 0.15) is 62.5 Å². The van der Waals surface area contributed by atoms with E-state index in [-0.39, 0.29) is 12.4 Å². The van der Waals surface area contributed by atoms with E-state index in [4.69, 9.17) is 15.0 Å². The number of hydrogen-bond acceptors (Lipinski definition) is 4. The van der Waals surface area contributed by atoms with Gasteiger partial charge in [0, 0.05) is 68.3 Å². The predicted octanol–water partition coefficient (Wildman–Crippen LogP) is 2.62. The van der Waals surface area contributed by atoms with Gasteiger partial charge in [0.1, 0.15) is 6.54 Å². The summed E-state index contributed by atoms with van der Waals surface area (Å²) in [6.45, 7) is 4.85. The smallest absolute Gasteiger partial charge is 0.171 e. The minimum absolute atomic E-state index is 0. The first-order valence-electron chi connectivity index (χ1n) is 12.4. The summed E-state index contributed by atoms with van der Waals surface area (Å²) in [7, 11) is 0. The molecule has 2 rings (SSSR count). The fourth-order valence-corrected chi connectivity index (χ4v) is 3.65. The number of aryl methyl sites for hydroxylation is 3. The van der Waals surface area contributed by atoms with Crippen LogP contribution >= 0.6 is 0 Å². The SMILES string of the molecule is [Cl-].[N-]=[N+]=NCCCCOCCCc1ccc[n+](CCCCCCOCCCc2cccnc2)c1. The van der Waals surface area contributed by atoms with Crippen LogP contribution in [0.2, 0.25) is 0 Å². The molecule has 0 saturated heterocycles. The van der Waals surface area contributed by atoms with Gasteiger partial charge in [0.25, 0.3) is 0 Å². The first-order chi connectivity index (χ1) is 16.4. The third kappa shape index (κ3) is 15.6. The van der Waals surface area contributed by atoms with E-state index in [1.54, 1.807) is 0 Å². The van der Waals surface area contributed by atoms with Gasteiger partial charge in [0.05, 0.1) is 0 Å². The highest BCUT2D eigenvalue weighted by Crippen LogP contribution is 2.04. The van der Waals surface area contributed by atoms with Crippen LogP contribution in [0.5, 0.6) is 0 Å². The van der Waals surface area contributed by atoms with Crippen molar-refractivity contribution in [2.45, 2.75) is 70.8 Å². The number of azide groups is 1. The number of halogens is 1. The van der Waals surface area contributed by atoms with Crippen molar-refractivity contribution in [1.82, 2.24) is 4.98 Å². The molecule has 0 spiro atoms. The predicted molar refractivity (Wildman–Crippen MR) is 131 cm³/mol. The van der Waals surface area contributed by atoms with Gasteiger partial charge in [-0.25, -0.2) is 4.57 Å². The summed E-state index contributed by atoms with van der Waals surface area (Å²) >= 11 is 0. The van der Waals surface area contributed by atoms with Crippen LogP contribution in [0.25, 0.3) is 10.4 Å². The molecular formula is C26H40ClN5O2. The molecule has 2 aromatic rings. The summed E-state index contributed by atoms with van der Waals surface area (Å²) in [5, 5.41) is 3.53. The molecule has 0 saturated carbocycles. The zero-order valence-electron chi connectivity index (χ0n) is 20.4. The van der Waals surface area contributed by atoms with Crippen LogP contribution in [0, 0.1) is 0 Å². The normalized spacial score (nSPS) is 10.5. The van der Waals surface area contributed by atoms with Gasteiger partial charge in [-0.1, -0.05) is 17.6 Å². The van der Waals surface area contributed by atoms with Crippen LogP contribution < -0.4 is 17.0 Å². The van der Waals surface area contributed by atoms with Crippen molar-refractivity contribution in [3.8, 4) is 0 Å². The molecule has 8 heteroatoms. The van der Waals surface area contributed by atoms with E-state index >= 15 is 0 Å².